The first kappa shape index (κ1) is 18.9. The number of guanidine groups is 1. The van der Waals surface area contributed by atoms with Crippen LogP contribution in [-0.4, -0.2) is 35.1 Å². The van der Waals surface area contributed by atoms with Crippen LogP contribution in [0.15, 0.2) is 41.2 Å². The molecule has 0 atom stereocenters. The standard InChI is InChI=1S/C21H23N5S2/c1-15-20-19(18(14-28-20)24-27-2)23-21(25-10-6-3-7-11-25)26(15)13-17-9-5-4-8-16(17)12-22/h4-5,8-9,14,24H,1,3,6-7,10-11,13H2,2H3. The van der Waals surface area contributed by atoms with E-state index in [0.717, 1.165) is 46.6 Å². The van der Waals surface area contributed by atoms with Crippen LogP contribution in [0.4, 0.5) is 11.4 Å². The van der Waals surface area contributed by atoms with Crippen molar-refractivity contribution in [2.45, 2.75) is 25.8 Å². The average molecular weight is 410 g/mol. The summed E-state index contributed by atoms with van der Waals surface area (Å²) in [5, 5.41) is 11.6. The summed E-state index contributed by atoms with van der Waals surface area (Å²) in [4.78, 5) is 10.7. The molecule has 1 fully saturated rings. The number of benzene rings is 1. The van der Waals surface area contributed by atoms with Gasteiger partial charge in [-0.3, -0.25) is 0 Å². The first-order valence-corrected chi connectivity index (χ1v) is 11.5. The summed E-state index contributed by atoms with van der Waals surface area (Å²) in [7, 11) is 0. The predicted octanol–water partition coefficient (Wildman–Crippen LogP) is 5.27. The van der Waals surface area contributed by atoms with Crippen LogP contribution in [0.5, 0.6) is 0 Å². The second-order valence-corrected chi connectivity index (χ2v) is 8.39. The Kier molecular flexibility index (Phi) is 5.60. The van der Waals surface area contributed by atoms with Gasteiger partial charge in [0.15, 0.2) is 0 Å². The van der Waals surface area contributed by atoms with Gasteiger partial charge < -0.3 is 14.5 Å². The molecule has 5 nitrogen and oxygen atoms in total. The van der Waals surface area contributed by atoms with Crippen LogP contribution >= 0.6 is 23.3 Å². The molecule has 2 aromatic rings. The molecular weight excluding hydrogens is 386 g/mol. The largest absolute Gasteiger partial charge is 0.342 e. The number of aliphatic imine (C=N–C) groups is 1. The van der Waals surface area contributed by atoms with Crippen molar-refractivity contribution < 1.29 is 0 Å². The van der Waals surface area contributed by atoms with Crippen molar-refractivity contribution in [2.24, 2.45) is 4.99 Å². The van der Waals surface area contributed by atoms with E-state index in [0.29, 0.717) is 12.1 Å². The zero-order chi connectivity index (χ0) is 19.5. The Morgan fingerprint density at radius 2 is 2.07 bits per heavy atom. The van der Waals surface area contributed by atoms with Crippen LogP contribution in [0.2, 0.25) is 0 Å². The van der Waals surface area contributed by atoms with Gasteiger partial charge in [0.25, 0.3) is 0 Å². The van der Waals surface area contributed by atoms with E-state index in [-0.39, 0.29) is 0 Å². The molecule has 28 heavy (non-hydrogen) atoms. The summed E-state index contributed by atoms with van der Waals surface area (Å²) in [6.45, 7) is 7.03. The van der Waals surface area contributed by atoms with Gasteiger partial charge in [-0.05, 0) is 30.9 Å². The second-order valence-electron chi connectivity index (χ2n) is 6.89. The van der Waals surface area contributed by atoms with Crippen LogP contribution in [0.1, 0.15) is 35.3 Å². The molecular formula is C21H23N5S2. The Hall–Kier alpha value is -2.43. The number of nitriles is 1. The van der Waals surface area contributed by atoms with E-state index in [4.69, 9.17) is 4.99 Å². The van der Waals surface area contributed by atoms with E-state index >= 15 is 0 Å². The Balaban J connectivity index is 1.75. The first-order chi connectivity index (χ1) is 13.7. The second kappa shape index (κ2) is 8.29. The molecule has 0 spiro atoms. The van der Waals surface area contributed by atoms with Crippen LogP contribution in [-0.2, 0) is 6.54 Å². The monoisotopic (exact) mass is 409 g/mol. The summed E-state index contributed by atoms with van der Waals surface area (Å²) in [5.74, 6) is 0.951. The molecule has 3 heterocycles. The van der Waals surface area contributed by atoms with Gasteiger partial charge in [0, 0.05) is 24.7 Å². The lowest BCUT2D eigenvalue weighted by molar-refractivity contribution is 0.306. The average Bonchev–Trinajstić information content (AvgIpc) is 3.14. The minimum absolute atomic E-state index is 0.598. The smallest absolute Gasteiger partial charge is 0.206 e. The number of likely N-dealkylation sites (tertiary alicyclic amines) is 1. The van der Waals surface area contributed by atoms with Gasteiger partial charge in [0.2, 0.25) is 5.96 Å². The van der Waals surface area contributed by atoms with Gasteiger partial charge in [0.1, 0.15) is 5.69 Å². The fourth-order valence-electron chi connectivity index (χ4n) is 3.69. The lowest BCUT2D eigenvalue weighted by Crippen LogP contribution is -2.46. The molecule has 1 aromatic heterocycles. The zero-order valence-electron chi connectivity index (χ0n) is 15.9. The Morgan fingerprint density at radius 1 is 1.29 bits per heavy atom. The van der Waals surface area contributed by atoms with Gasteiger partial charge in [-0.15, -0.1) is 11.3 Å². The summed E-state index contributed by atoms with van der Waals surface area (Å²) in [5.41, 5.74) is 4.68. The molecule has 0 unspecified atom stereocenters. The highest BCUT2D eigenvalue weighted by atomic mass is 32.2. The molecule has 0 aliphatic carbocycles. The van der Waals surface area contributed by atoms with Crippen molar-refractivity contribution in [3.63, 3.8) is 0 Å². The highest BCUT2D eigenvalue weighted by molar-refractivity contribution is 7.99. The van der Waals surface area contributed by atoms with E-state index in [9.17, 15) is 5.26 Å². The molecule has 1 N–H and O–H groups in total. The number of hydrogen-bond acceptors (Lipinski definition) is 7. The Bertz CT molecular complexity index is 950. The highest BCUT2D eigenvalue weighted by Gasteiger charge is 2.31. The highest BCUT2D eigenvalue weighted by Crippen LogP contribution is 2.45. The van der Waals surface area contributed by atoms with Gasteiger partial charge in [-0.25, -0.2) is 4.99 Å². The van der Waals surface area contributed by atoms with Crippen LogP contribution in [0.3, 0.4) is 0 Å². The first-order valence-electron chi connectivity index (χ1n) is 9.42. The lowest BCUT2D eigenvalue weighted by Gasteiger charge is -2.39. The van der Waals surface area contributed by atoms with E-state index in [1.165, 1.54) is 19.3 Å². The number of hydrogen-bond donors (Lipinski definition) is 1. The molecule has 0 bridgehead atoms. The minimum Gasteiger partial charge on any atom is -0.342 e. The van der Waals surface area contributed by atoms with Crippen LogP contribution in [0, 0.1) is 11.3 Å². The van der Waals surface area contributed by atoms with Gasteiger partial charge >= 0.3 is 0 Å². The van der Waals surface area contributed by atoms with E-state index in [1.54, 1.807) is 23.3 Å². The third kappa shape index (κ3) is 3.50. The number of nitrogens with one attached hydrogen (secondary N) is 1. The molecule has 144 valence electrons. The fraction of sp³-hybridized carbons (Fsp3) is 0.333. The molecule has 7 heteroatoms. The van der Waals surface area contributed by atoms with E-state index in [1.807, 2.05) is 30.5 Å². The molecule has 2 aliphatic heterocycles. The third-order valence-electron chi connectivity index (χ3n) is 5.12. The molecule has 0 amide bonds. The van der Waals surface area contributed by atoms with Gasteiger partial charge in [-0.2, -0.15) is 5.26 Å². The maximum absolute atomic E-state index is 9.51. The van der Waals surface area contributed by atoms with E-state index in [2.05, 4.69) is 32.6 Å². The summed E-state index contributed by atoms with van der Waals surface area (Å²) in [6.07, 6.45) is 5.65. The molecule has 0 radical (unpaired) electrons. The van der Waals surface area contributed by atoms with Gasteiger partial charge in [0.05, 0.1) is 34.4 Å². The fourth-order valence-corrected chi connectivity index (χ4v) is 5.06. The van der Waals surface area contributed by atoms with Crippen molar-refractivity contribution in [3.05, 3.63) is 52.2 Å². The quantitative estimate of drug-likeness (QED) is 0.697. The minimum atomic E-state index is 0.598. The molecule has 1 aromatic carbocycles. The van der Waals surface area contributed by atoms with Crippen molar-refractivity contribution in [1.82, 2.24) is 9.80 Å². The van der Waals surface area contributed by atoms with Gasteiger partial charge in [-0.1, -0.05) is 36.7 Å². The zero-order valence-corrected chi connectivity index (χ0v) is 17.6. The Labute approximate surface area is 174 Å². The summed E-state index contributed by atoms with van der Waals surface area (Å²) < 4.78 is 3.34. The number of thiophene rings is 1. The van der Waals surface area contributed by atoms with Crippen LogP contribution in [0.25, 0.3) is 5.70 Å². The molecule has 2 aliphatic rings. The maximum atomic E-state index is 9.51. The van der Waals surface area contributed by atoms with E-state index < -0.39 is 0 Å². The number of anilines is 1. The van der Waals surface area contributed by atoms with Crippen molar-refractivity contribution in [2.75, 3.05) is 24.1 Å². The van der Waals surface area contributed by atoms with Crippen molar-refractivity contribution >= 4 is 46.3 Å². The third-order valence-corrected chi connectivity index (χ3v) is 6.57. The predicted molar refractivity (Wildman–Crippen MR) is 120 cm³/mol. The van der Waals surface area contributed by atoms with Crippen molar-refractivity contribution in [1.29, 1.82) is 5.26 Å². The molecule has 4 rings (SSSR count). The summed E-state index contributed by atoms with van der Waals surface area (Å²) >= 11 is 3.24. The lowest BCUT2D eigenvalue weighted by atomic mass is 10.1. The van der Waals surface area contributed by atoms with Crippen LogP contribution < -0.4 is 4.72 Å². The topological polar surface area (TPSA) is 54.7 Å². The number of nitrogens with zero attached hydrogens (tertiary/aromatic N) is 4. The molecule has 1 saturated heterocycles. The number of fused-ring (bicyclic) bond motifs is 1. The normalized spacial score (nSPS) is 16.4. The SMILES string of the molecule is C=C1c2scc(NSC)c2N=C(N2CCCCC2)N1Cc1ccccc1C#N. The van der Waals surface area contributed by atoms with Crippen molar-refractivity contribution in [3.8, 4) is 6.07 Å². The Morgan fingerprint density at radius 3 is 2.82 bits per heavy atom. The maximum Gasteiger partial charge on any atom is 0.206 e. The number of rotatable bonds is 4. The summed E-state index contributed by atoms with van der Waals surface area (Å²) in [6, 6.07) is 10.1. The number of piperidine rings is 1. The molecule has 0 saturated carbocycles.